The van der Waals surface area contributed by atoms with Gasteiger partial charge in [0.1, 0.15) is 0 Å². The topological polar surface area (TPSA) is 37.4 Å². The van der Waals surface area contributed by atoms with Crippen LogP contribution in [0, 0.1) is 0 Å². The zero-order chi connectivity index (χ0) is 12.7. The predicted molar refractivity (Wildman–Crippen MR) is 67.9 cm³/mol. The molecule has 0 unspecified atom stereocenters. The van der Waals surface area contributed by atoms with E-state index in [1.165, 1.54) is 33.7 Å². The van der Waals surface area contributed by atoms with E-state index >= 15 is 0 Å². The van der Waals surface area contributed by atoms with Crippen molar-refractivity contribution in [2.75, 3.05) is 0 Å². The van der Waals surface area contributed by atoms with Gasteiger partial charge in [-0.3, -0.25) is 14.5 Å². The van der Waals surface area contributed by atoms with Crippen LogP contribution in [0.2, 0.25) is 0 Å². The normalized spacial score (nSPS) is 21.8. The number of aryl methyl sites for hydroxylation is 2. The fourth-order valence-corrected chi connectivity index (χ4v) is 3.03. The number of hydrogen-bond donors (Lipinski definition) is 0. The van der Waals surface area contributed by atoms with Crippen LogP contribution < -0.4 is 0 Å². The number of hydrogen-bond acceptors (Lipinski definition) is 2. The van der Waals surface area contributed by atoms with Crippen LogP contribution in [0.25, 0.3) is 0 Å². The number of benzene rings is 1. The second-order valence-corrected chi connectivity index (χ2v) is 4.78. The van der Waals surface area contributed by atoms with Gasteiger partial charge in [0.05, 0.1) is 6.04 Å². The van der Waals surface area contributed by atoms with E-state index in [1.807, 2.05) is 0 Å². The third-order valence-electron chi connectivity index (χ3n) is 3.84. The zero-order valence-electron chi connectivity index (χ0n) is 10.3. The van der Waals surface area contributed by atoms with Gasteiger partial charge in [0.15, 0.2) is 0 Å². The van der Waals surface area contributed by atoms with Gasteiger partial charge < -0.3 is 0 Å². The molecular formula is C15H15NO2. The van der Waals surface area contributed by atoms with Crippen molar-refractivity contribution in [3.05, 3.63) is 47.0 Å². The Balaban J connectivity index is 2.05. The summed E-state index contributed by atoms with van der Waals surface area (Å²) in [5.74, 6) is -0.354. The maximum Gasteiger partial charge on any atom is 0.254 e. The highest BCUT2D eigenvalue weighted by Gasteiger charge is 2.36. The molecule has 3 heteroatoms. The van der Waals surface area contributed by atoms with Crippen LogP contribution in [0.1, 0.15) is 36.1 Å². The minimum atomic E-state index is -0.177. The molecule has 1 heterocycles. The summed E-state index contributed by atoms with van der Waals surface area (Å²) in [6.45, 7) is 2.11. The van der Waals surface area contributed by atoms with Crippen molar-refractivity contribution in [3.63, 3.8) is 0 Å². The second kappa shape index (κ2) is 4.09. The van der Waals surface area contributed by atoms with Crippen LogP contribution in [-0.4, -0.2) is 16.7 Å². The molecule has 1 aromatic rings. The molecule has 0 fully saturated rings. The summed E-state index contributed by atoms with van der Waals surface area (Å²) in [4.78, 5) is 25.0. The monoisotopic (exact) mass is 241 g/mol. The molecule has 2 aliphatic rings. The van der Waals surface area contributed by atoms with Crippen molar-refractivity contribution in [1.29, 1.82) is 0 Å². The largest absolute Gasteiger partial charge is 0.269 e. The van der Waals surface area contributed by atoms with E-state index in [2.05, 4.69) is 25.1 Å². The number of carbonyl (C=O) groups is 2. The Labute approximate surface area is 106 Å². The van der Waals surface area contributed by atoms with E-state index in [-0.39, 0.29) is 17.9 Å². The van der Waals surface area contributed by atoms with Crippen molar-refractivity contribution >= 4 is 11.8 Å². The van der Waals surface area contributed by atoms with Crippen molar-refractivity contribution in [2.24, 2.45) is 0 Å². The lowest BCUT2D eigenvalue weighted by atomic mass is 9.98. The van der Waals surface area contributed by atoms with Crippen molar-refractivity contribution in [1.82, 2.24) is 4.90 Å². The molecule has 0 bridgehead atoms. The number of imide groups is 1. The third kappa shape index (κ3) is 1.50. The molecule has 0 N–H and O–H groups in total. The Morgan fingerprint density at radius 2 is 1.94 bits per heavy atom. The maximum absolute atomic E-state index is 11.8. The summed E-state index contributed by atoms with van der Waals surface area (Å²) in [6.07, 6.45) is 5.48. The molecule has 0 radical (unpaired) electrons. The first-order chi connectivity index (χ1) is 8.72. The van der Waals surface area contributed by atoms with Gasteiger partial charge in [-0.05, 0) is 36.0 Å². The Bertz CT molecular complexity index is 542. The van der Waals surface area contributed by atoms with Crippen LogP contribution in [0.4, 0.5) is 0 Å². The Morgan fingerprint density at radius 1 is 1.22 bits per heavy atom. The number of nitrogens with zero attached hydrogens (tertiary/aromatic N) is 1. The molecular weight excluding hydrogens is 226 g/mol. The summed E-state index contributed by atoms with van der Waals surface area (Å²) >= 11 is 0. The molecule has 3 nitrogen and oxygen atoms in total. The van der Waals surface area contributed by atoms with E-state index in [4.69, 9.17) is 0 Å². The minimum Gasteiger partial charge on any atom is -0.269 e. The van der Waals surface area contributed by atoms with Crippen LogP contribution in [0.15, 0.2) is 30.4 Å². The molecule has 1 aliphatic carbocycles. The van der Waals surface area contributed by atoms with Gasteiger partial charge in [-0.15, -0.1) is 0 Å². The average molecular weight is 241 g/mol. The highest BCUT2D eigenvalue weighted by molar-refractivity contribution is 6.13. The molecule has 0 saturated carbocycles. The first kappa shape index (κ1) is 11.2. The molecule has 92 valence electrons. The number of carbonyl (C=O) groups excluding carboxylic acids is 2. The van der Waals surface area contributed by atoms with Gasteiger partial charge in [0.2, 0.25) is 0 Å². The van der Waals surface area contributed by atoms with Gasteiger partial charge in [0.25, 0.3) is 11.8 Å². The van der Waals surface area contributed by atoms with E-state index < -0.39 is 0 Å². The first-order valence-corrected chi connectivity index (χ1v) is 6.38. The minimum absolute atomic E-state index is 0.0638. The standard InChI is InChI=1S/C15H15NO2/c1-2-10-4-3-5-11-6-7-12(15(10)11)16-13(17)8-9-14(16)18/h3-5,8-9,12H,2,6-7H2,1H3/t12-/m0/s1. The average Bonchev–Trinajstić information content (AvgIpc) is 2.93. The van der Waals surface area contributed by atoms with E-state index in [0.717, 1.165) is 19.3 Å². The SMILES string of the molecule is CCc1cccc2c1[C@@H](N1C(=O)C=CC1=O)CC2. The van der Waals surface area contributed by atoms with Gasteiger partial charge in [-0.1, -0.05) is 25.1 Å². The Kier molecular flexibility index (Phi) is 2.54. The first-order valence-electron chi connectivity index (χ1n) is 6.38. The van der Waals surface area contributed by atoms with E-state index in [9.17, 15) is 9.59 Å². The van der Waals surface area contributed by atoms with Crippen LogP contribution >= 0.6 is 0 Å². The zero-order valence-corrected chi connectivity index (χ0v) is 10.3. The Morgan fingerprint density at radius 3 is 2.61 bits per heavy atom. The Hall–Kier alpha value is -1.90. The lowest BCUT2D eigenvalue weighted by Crippen LogP contribution is -2.33. The summed E-state index contributed by atoms with van der Waals surface area (Å²) in [7, 11) is 0. The van der Waals surface area contributed by atoms with Crippen molar-refractivity contribution < 1.29 is 9.59 Å². The lowest BCUT2D eigenvalue weighted by molar-refractivity contribution is -0.139. The predicted octanol–water partition coefficient (Wildman–Crippen LogP) is 2.16. The molecule has 3 rings (SSSR count). The molecule has 1 aliphatic heterocycles. The highest BCUT2D eigenvalue weighted by Crippen LogP contribution is 2.39. The number of rotatable bonds is 2. The van der Waals surface area contributed by atoms with Gasteiger partial charge >= 0.3 is 0 Å². The molecule has 1 atom stereocenters. The molecule has 2 amide bonds. The summed E-state index contributed by atoms with van der Waals surface area (Å²) in [5.41, 5.74) is 3.74. The van der Waals surface area contributed by atoms with Crippen LogP contribution in [-0.2, 0) is 22.4 Å². The molecule has 0 aromatic heterocycles. The van der Waals surface area contributed by atoms with Gasteiger partial charge in [-0.2, -0.15) is 0 Å². The summed E-state index contributed by atoms with van der Waals surface area (Å²) in [6, 6.07) is 6.19. The van der Waals surface area contributed by atoms with Crippen molar-refractivity contribution in [3.8, 4) is 0 Å². The molecule has 18 heavy (non-hydrogen) atoms. The quantitative estimate of drug-likeness (QED) is 0.744. The highest BCUT2D eigenvalue weighted by atomic mass is 16.2. The van der Waals surface area contributed by atoms with E-state index in [1.54, 1.807) is 0 Å². The molecule has 1 aromatic carbocycles. The van der Waals surface area contributed by atoms with Crippen LogP contribution in [0.3, 0.4) is 0 Å². The maximum atomic E-state index is 11.8. The second-order valence-electron chi connectivity index (χ2n) is 4.78. The molecule has 0 spiro atoms. The van der Waals surface area contributed by atoms with Crippen LogP contribution in [0.5, 0.6) is 0 Å². The van der Waals surface area contributed by atoms with Gasteiger partial charge in [0, 0.05) is 12.2 Å². The van der Waals surface area contributed by atoms with Crippen molar-refractivity contribution in [2.45, 2.75) is 32.2 Å². The fraction of sp³-hybridized carbons (Fsp3) is 0.333. The van der Waals surface area contributed by atoms with E-state index in [0.29, 0.717) is 0 Å². The lowest BCUT2D eigenvalue weighted by Gasteiger charge is -2.24. The number of amides is 2. The summed E-state index contributed by atoms with van der Waals surface area (Å²) < 4.78 is 0. The summed E-state index contributed by atoms with van der Waals surface area (Å²) in [5, 5.41) is 0. The van der Waals surface area contributed by atoms with Gasteiger partial charge in [-0.25, -0.2) is 0 Å². The number of fused-ring (bicyclic) bond motifs is 1. The third-order valence-corrected chi connectivity index (χ3v) is 3.84. The molecule has 0 saturated heterocycles. The smallest absolute Gasteiger partial charge is 0.254 e. The fourth-order valence-electron chi connectivity index (χ4n) is 3.03.